The van der Waals surface area contributed by atoms with Crippen LogP contribution in [0.5, 0.6) is 0 Å². The van der Waals surface area contributed by atoms with Crippen LogP contribution in [0.3, 0.4) is 0 Å². The lowest BCUT2D eigenvalue weighted by Crippen LogP contribution is -1.97. The van der Waals surface area contributed by atoms with Crippen molar-refractivity contribution < 1.29 is 4.42 Å². The van der Waals surface area contributed by atoms with Crippen molar-refractivity contribution in [1.82, 2.24) is 19.5 Å². The summed E-state index contributed by atoms with van der Waals surface area (Å²) in [6, 6.07) is 54.2. The zero-order chi connectivity index (χ0) is 31.6. The number of benzene rings is 6. The van der Waals surface area contributed by atoms with Gasteiger partial charge in [-0.05, 0) is 30.3 Å². The first-order valence-corrected chi connectivity index (χ1v) is 16.0. The second-order valence-corrected chi connectivity index (χ2v) is 12.0. The van der Waals surface area contributed by atoms with Crippen LogP contribution in [-0.4, -0.2) is 19.5 Å². The van der Waals surface area contributed by atoms with E-state index in [1.807, 2.05) is 48.5 Å². The minimum atomic E-state index is 0.629. The molecule has 0 N–H and O–H groups in total. The Hall–Kier alpha value is -6.59. The minimum absolute atomic E-state index is 0.629. The molecule has 10 rings (SSSR count). The van der Waals surface area contributed by atoms with Crippen LogP contribution in [0.15, 0.2) is 162 Å². The highest BCUT2D eigenvalue weighted by Gasteiger charge is 2.24. The van der Waals surface area contributed by atoms with Crippen molar-refractivity contribution in [3.63, 3.8) is 0 Å². The van der Waals surface area contributed by atoms with Crippen molar-refractivity contribution in [2.24, 2.45) is 0 Å². The van der Waals surface area contributed by atoms with Crippen molar-refractivity contribution in [2.45, 2.75) is 0 Å². The molecule has 0 aliphatic rings. The van der Waals surface area contributed by atoms with Crippen molar-refractivity contribution in [1.29, 1.82) is 0 Å². The number of para-hydroxylation sites is 4. The second-order valence-electron chi connectivity index (χ2n) is 12.0. The number of nitrogens with zero attached hydrogens (tertiary/aromatic N) is 4. The molecule has 0 bridgehead atoms. The third-order valence-corrected chi connectivity index (χ3v) is 9.22. The van der Waals surface area contributed by atoms with Gasteiger partial charge in [-0.25, -0.2) is 15.0 Å². The lowest BCUT2D eigenvalue weighted by molar-refractivity contribution is 0.655. The first-order chi connectivity index (χ1) is 23.8. The third kappa shape index (κ3) is 4.01. The molecule has 5 heteroatoms. The van der Waals surface area contributed by atoms with Crippen LogP contribution >= 0.6 is 0 Å². The number of hydrogen-bond acceptors (Lipinski definition) is 4. The summed E-state index contributed by atoms with van der Waals surface area (Å²) in [7, 11) is 0. The van der Waals surface area contributed by atoms with Crippen molar-refractivity contribution in [2.75, 3.05) is 0 Å². The number of aromatic nitrogens is 4. The van der Waals surface area contributed by atoms with Gasteiger partial charge in [0.1, 0.15) is 5.58 Å². The molecule has 0 spiro atoms. The van der Waals surface area contributed by atoms with E-state index in [4.69, 9.17) is 19.4 Å². The van der Waals surface area contributed by atoms with E-state index in [0.29, 0.717) is 11.5 Å². The molecule has 0 saturated heterocycles. The molecule has 10 aromatic rings. The maximum absolute atomic E-state index is 6.44. The Kier molecular flexibility index (Phi) is 5.81. The van der Waals surface area contributed by atoms with Crippen LogP contribution in [0.1, 0.15) is 0 Å². The smallest absolute Gasteiger partial charge is 0.228 e. The van der Waals surface area contributed by atoms with Crippen LogP contribution in [-0.2, 0) is 0 Å². The first-order valence-electron chi connectivity index (χ1n) is 16.0. The molecule has 48 heavy (non-hydrogen) atoms. The van der Waals surface area contributed by atoms with Gasteiger partial charge in [0.05, 0.1) is 33.3 Å². The molecule has 0 fully saturated rings. The Bertz CT molecular complexity index is 2820. The summed E-state index contributed by atoms with van der Waals surface area (Å²) in [5, 5.41) is 5.42. The Labute approximate surface area is 275 Å². The molecule has 0 atom stereocenters. The van der Waals surface area contributed by atoms with E-state index in [9.17, 15) is 0 Å². The van der Waals surface area contributed by atoms with Crippen molar-refractivity contribution in [3.05, 3.63) is 158 Å². The van der Waals surface area contributed by atoms with Crippen LogP contribution in [0.25, 0.3) is 94.4 Å². The normalized spacial score (nSPS) is 11.8. The fourth-order valence-corrected chi connectivity index (χ4v) is 7.07. The van der Waals surface area contributed by atoms with Gasteiger partial charge < -0.3 is 8.98 Å². The van der Waals surface area contributed by atoms with Crippen LogP contribution in [0, 0.1) is 0 Å². The van der Waals surface area contributed by atoms with E-state index in [1.54, 1.807) is 0 Å². The first kappa shape index (κ1) is 26.6. The van der Waals surface area contributed by atoms with E-state index in [-0.39, 0.29) is 0 Å². The topological polar surface area (TPSA) is 56.7 Å². The lowest BCUT2D eigenvalue weighted by atomic mass is 10.0. The fourth-order valence-electron chi connectivity index (χ4n) is 7.07. The average molecular weight is 615 g/mol. The number of pyridine rings is 1. The highest BCUT2D eigenvalue weighted by Crippen LogP contribution is 2.44. The van der Waals surface area contributed by atoms with Gasteiger partial charge in [0.25, 0.3) is 0 Å². The summed E-state index contributed by atoms with van der Waals surface area (Å²) in [6.07, 6.45) is 0. The summed E-state index contributed by atoms with van der Waals surface area (Å²) in [5.41, 5.74) is 10.4. The van der Waals surface area contributed by atoms with E-state index in [1.165, 1.54) is 0 Å². The molecule has 0 radical (unpaired) electrons. The maximum atomic E-state index is 6.44. The van der Waals surface area contributed by atoms with Gasteiger partial charge in [0, 0.05) is 43.9 Å². The average Bonchev–Trinajstić information content (AvgIpc) is 3.70. The predicted octanol–water partition coefficient (Wildman–Crippen LogP) is 11.0. The molecule has 4 aromatic heterocycles. The summed E-state index contributed by atoms with van der Waals surface area (Å²) < 4.78 is 8.77. The monoisotopic (exact) mass is 614 g/mol. The SMILES string of the molecule is c1ccc(-c2nc(-c3ccc(-c4nc5oc6ccccc6c5c5c6ccccc6n(-c6ccccc6)c45)cc3)nc3ccccc23)cc1. The van der Waals surface area contributed by atoms with Crippen LogP contribution in [0.2, 0.25) is 0 Å². The lowest BCUT2D eigenvalue weighted by Gasteiger charge is -2.12. The van der Waals surface area contributed by atoms with Crippen molar-refractivity contribution >= 4 is 54.8 Å². The summed E-state index contributed by atoms with van der Waals surface area (Å²) in [4.78, 5) is 15.4. The highest BCUT2D eigenvalue weighted by atomic mass is 16.3. The van der Waals surface area contributed by atoms with Gasteiger partial charge in [0.15, 0.2) is 5.82 Å². The van der Waals surface area contributed by atoms with Gasteiger partial charge in [-0.2, -0.15) is 0 Å². The standard InChI is InChI=1S/C43H26N4O/c1-3-13-27(14-4-1)39-31-17-7-10-20-34(31)44-42(45-39)29-25-23-28(24-26-29)40-41-37(38-33-19-9-12-22-36(33)48-43(38)46-40)32-18-8-11-21-35(32)47(41)30-15-5-2-6-16-30/h1-26H. The molecule has 0 aliphatic heterocycles. The van der Waals surface area contributed by atoms with E-state index < -0.39 is 0 Å². The summed E-state index contributed by atoms with van der Waals surface area (Å²) in [6.45, 7) is 0. The third-order valence-electron chi connectivity index (χ3n) is 9.22. The largest absolute Gasteiger partial charge is 0.438 e. The molecular formula is C43H26N4O. The quantitative estimate of drug-likeness (QED) is 0.198. The van der Waals surface area contributed by atoms with Gasteiger partial charge in [0.2, 0.25) is 5.71 Å². The fraction of sp³-hybridized carbons (Fsp3) is 0. The van der Waals surface area contributed by atoms with Gasteiger partial charge in [-0.15, -0.1) is 0 Å². The molecule has 4 heterocycles. The Morgan fingerprint density at radius 2 is 1.06 bits per heavy atom. The van der Waals surface area contributed by atoms with Crippen molar-refractivity contribution in [3.8, 4) is 39.6 Å². The minimum Gasteiger partial charge on any atom is -0.438 e. The number of rotatable bonds is 4. The second kappa shape index (κ2) is 10.5. The van der Waals surface area contributed by atoms with Crippen LogP contribution < -0.4 is 0 Å². The molecule has 6 aromatic carbocycles. The van der Waals surface area contributed by atoms with E-state index >= 15 is 0 Å². The molecule has 0 unspecified atom stereocenters. The van der Waals surface area contributed by atoms with E-state index in [0.717, 1.165) is 82.8 Å². The molecular weight excluding hydrogens is 589 g/mol. The van der Waals surface area contributed by atoms with E-state index in [2.05, 4.69) is 114 Å². The Morgan fingerprint density at radius 1 is 0.438 bits per heavy atom. The number of fused-ring (bicyclic) bond motifs is 8. The zero-order valence-corrected chi connectivity index (χ0v) is 25.7. The van der Waals surface area contributed by atoms with Gasteiger partial charge in [-0.3, -0.25) is 0 Å². The zero-order valence-electron chi connectivity index (χ0n) is 25.7. The molecule has 0 aliphatic carbocycles. The number of hydrogen-bond donors (Lipinski definition) is 0. The van der Waals surface area contributed by atoms with Gasteiger partial charge >= 0.3 is 0 Å². The highest BCUT2D eigenvalue weighted by molar-refractivity contribution is 6.28. The molecule has 224 valence electrons. The molecule has 5 nitrogen and oxygen atoms in total. The predicted molar refractivity (Wildman–Crippen MR) is 195 cm³/mol. The molecule has 0 amide bonds. The number of furan rings is 1. The maximum Gasteiger partial charge on any atom is 0.228 e. The van der Waals surface area contributed by atoms with Crippen LogP contribution in [0.4, 0.5) is 0 Å². The Balaban J connectivity index is 1.23. The summed E-state index contributed by atoms with van der Waals surface area (Å²) >= 11 is 0. The van der Waals surface area contributed by atoms with Gasteiger partial charge in [-0.1, -0.05) is 127 Å². The summed E-state index contributed by atoms with van der Waals surface area (Å²) in [5.74, 6) is 0.684. The Morgan fingerprint density at radius 3 is 1.88 bits per heavy atom. The molecule has 0 saturated carbocycles.